The van der Waals surface area contributed by atoms with E-state index in [4.69, 9.17) is 4.74 Å². The third-order valence-electron chi connectivity index (χ3n) is 3.88. The van der Waals surface area contributed by atoms with E-state index < -0.39 is 11.0 Å². The highest BCUT2D eigenvalue weighted by Crippen LogP contribution is 2.49. The normalized spacial score (nSPS) is 12.5. The van der Waals surface area contributed by atoms with Crippen LogP contribution >= 0.6 is 11.8 Å². The largest absolute Gasteiger partial charge is 0.449 e. The van der Waals surface area contributed by atoms with Crippen LogP contribution in [0, 0.1) is 10.1 Å². The number of non-ortho nitro benzene ring substituents is 1. The molecule has 0 atom stereocenters. The number of hydrogen-bond acceptors (Lipinski definition) is 6. The van der Waals surface area contributed by atoms with Crippen LogP contribution in [0.4, 0.5) is 21.9 Å². The first kappa shape index (κ1) is 18.2. The van der Waals surface area contributed by atoms with Gasteiger partial charge in [0, 0.05) is 28.5 Å². The van der Waals surface area contributed by atoms with Crippen LogP contribution in [0.5, 0.6) is 0 Å². The molecule has 0 radical (unpaired) electrons. The number of nitro groups is 1. The van der Waals surface area contributed by atoms with Crippen molar-refractivity contribution in [3.63, 3.8) is 0 Å². The lowest BCUT2D eigenvalue weighted by Crippen LogP contribution is -2.30. The van der Waals surface area contributed by atoms with Gasteiger partial charge in [0.15, 0.2) is 0 Å². The predicted molar refractivity (Wildman–Crippen MR) is 100 cm³/mol. The van der Waals surface area contributed by atoms with E-state index in [0.29, 0.717) is 17.2 Å². The summed E-state index contributed by atoms with van der Waals surface area (Å²) in [6, 6.07) is 11.9. The van der Waals surface area contributed by atoms with E-state index >= 15 is 0 Å². The zero-order valence-electron chi connectivity index (χ0n) is 14.5. The second-order valence-corrected chi connectivity index (χ2v) is 7.17. The van der Waals surface area contributed by atoms with Gasteiger partial charge in [0.1, 0.15) is 0 Å². The summed E-state index contributed by atoms with van der Waals surface area (Å²) in [5, 5.41) is 11.1. The van der Waals surface area contributed by atoms with Gasteiger partial charge in [0.2, 0.25) is 0 Å². The van der Waals surface area contributed by atoms with Crippen LogP contribution in [0.1, 0.15) is 6.42 Å². The highest BCUT2D eigenvalue weighted by atomic mass is 32.2. The molecule has 0 N–H and O–H groups in total. The van der Waals surface area contributed by atoms with E-state index in [9.17, 15) is 14.9 Å². The molecule has 1 aliphatic rings. The number of nitro benzene ring substituents is 1. The Morgan fingerprint density at radius 1 is 1.19 bits per heavy atom. The number of carbonyl (C=O) groups is 1. The first-order valence-corrected chi connectivity index (χ1v) is 8.96. The summed E-state index contributed by atoms with van der Waals surface area (Å²) in [4.78, 5) is 28.4. The molecule has 1 heterocycles. The number of benzene rings is 2. The maximum absolute atomic E-state index is 12.7. The zero-order chi connectivity index (χ0) is 18.7. The molecule has 0 aromatic heterocycles. The molecule has 2 aromatic carbocycles. The molecule has 0 fully saturated rings. The SMILES string of the molecule is CN(C)CCCOC(=O)N1c2ccccc2Sc2cc([N+](=O)[O-])ccc21. The minimum atomic E-state index is -0.480. The van der Waals surface area contributed by atoms with Crippen LogP contribution in [-0.2, 0) is 4.74 Å². The van der Waals surface area contributed by atoms with Gasteiger partial charge in [-0.15, -0.1) is 0 Å². The van der Waals surface area contributed by atoms with Crippen LogP contribution < -0.4 is 4.90 Å². The molecule has 0 aliphatic carbocycles. The monoisotopic (exact) mass is 373 g/mol. The molecule has 0 saturated heterocycles. The van der Waals surface area contributed by atoms with E-state index in [0.717, 1.165) is 23.5 Å². The fourth-order valence-corrected chi connectivity index (χ4v) is 3.75. The Labute approximate surface area is 155 Å². The standard InChI is InChI=1S/C18H19N3O4S/c1-19(2)10-5-11-25-18(22)20-14-6-3-4-7-16(14)26-17-12-13(21(23)24)8-9-15(17)20/h3-4,6-9,12H,5,10-11H2,1-2H3. The number of ether oxygens (including phenoxy) is 1. The van der Waals surface area contributed by atoms with Crippen LogP contribution in [0.2, 0.25) is 0 Å². The molecule has 1 amide bonds. The van der Waals surface area contributed by atoms with Crippen molar-refractivity contribution >= 4 is 34.9 Å². The summed E-state index contributed by atoms with van der Waals surface area (Å²) in [6.45, 7) is 1.13. The molecule has 0 bridgehead atoms. The Morgan fingerprint density at radius 3 is 2.65 bits per heavy atom. The lowest BCUT2D eigenvalue weighted by Gasteiger charge is -2.30. The summed E-state index contributed by atoms with van der Waals surface area (Å²) in [7, 11) is 3.92. The Kier molecular flexibility index (Phi) is 5.43. The summed E-state index contributed by atoms with van der Waals surface area (Å²) < 4.78 is 5.44. The summed E-state index contributed by atoms with van der Waals surface area (Å²) in [5.74, 6) is 0. The molecular weight excluding hydrogens is 354 g/mol. The number of hydrogen-bond donors (Lipinski definition) is 0. The Hall–Kier alpha value is -2.58. The Bertz CT molecular complexity index is 841. The van der Waals surface area contributed by atoms with Gasteiger partial charge < -0.3 is 9.64 Å². The van der Waals surface area contributed by atoms with E-state index in [1.807, 2.05) is 43.3 Å². The number of para-hydroxylation sites is 1. The molecule has 3 rings (SSSR count). The van der Waals surface area contributed by atoms with Gasteiger partial charge >= 0.3 is 6.09 Å². The van der Waals surface area contributed by atoms with Gasteiger partial charge in [-0.25, -0.2) is 9.69 Å². The number of rotatable bonds is 5. The number of nitrogens with zero attached hydrogens (tertiary/aromatic N) is 3. The molecule has 8 heteroatoms. The van der Waals surface area contributed by atoms with Crippen molar-refractivity contribution < 1.29 is 14.5 Å². The van der Waals surface area contributed by atoms with Crippen LogP contribution in [0.3, 0.4) is 0 Å². The zero-order valence-corrected chi connectivity index (χ0v) is 15.4. The summed E-state index contributed by atoms with van der Waals surface area (Å²) >= 11 is 1.41. The third-order valence-corrected chi connectivity index (χ3v) is 4.99. The first-order valence-electron chi connectivity index (χ1n) is 8.14. The quantitative estimate of drug-likeness (QED) is 0.442. The summed E-state index contributed by atoms with van der Waals surface area (Å²) in [5.41, 5.74) is 1.31. The van der Waals surface area contributed by atoms with Gasteiger partial charge in [-0.1, -0.05) is 23.9 Å². The number of carbonyl (C=O) groups excluding carboxylic acids is 1. The van der Waals surface area contributed by atoms with Gasteiger partial charge in [-0.3, -0.25) is 10.1 Å². The van der Waals surface area contributed by atoms with E-state index in [1.54, 1.807) is 6.07 Å². The molecular formula is C18H19N3O4S. The fraction of sp³-hybridized carbons (Fsp3) is 0.278. The van der Waals surface area contributed by atoms with Crippen molar-refractivity contribution in [2.24, 2.45) is 0 Å². The van der Waals surface area contributed by atoms with E-state index in [-0.39, 0.29) is 5.69 Å². The number of fused-ring (bicyclic) bond motifs is 2. The second kappa shape index (κ2) is 7.76. The molecule has 1 aliphatic heterocycles. The van der Waals surface area contributed by atoms with Gasteiger partial charge in [0.05, 0.1) is 22.9 Å². The van der Waals surface area contributed by atoms with Crippen molar-refractivity contribution in [1.29, 1.82) is 0 Å². The summed E-state index contributed by atoms with van der Waals surface area (Å²) in [6.07, 6.45) is 0.252. The van der Waals surface area contributed by atoms with Crippen molar-refractivity contribution in [1.82, 2.24) is 4.90 Å². The van der Waals surface area contributed by atoms with Crippen LogP contribution in [-0.4, -0.2) is 43.2 Å². The number of anilines is 2. The first-order chi connectivity index (χ1) is 12.5. The maximum atomic E-state index is 12.7. The van der Waals surface area contributed by atoms with Crippen molar-refractivity contribution in [3.8, 4) is 0 Å². The average molecular weight is 373 g/mol. The molecule has 136 valence electrons. The molecule has 0 saturated carbocycles. The third kappa shape index (κ3) is 3.81. The van der Waals surface area contributed by atoms with E-state index in [2.05, 4.69) is 0 Å². The Morgan fingerprint density at radius 2 is 1.92 bits per heavy atom. The highest BCUT2D eigenvalue weighted by molar-refractivity contribution is 7.99. The predicted octanol–water partition coefficient (Wildman–Crippen LogP) is 4.29. The lowest BCUT2D eigenvalue weighted by atomic mass is 10.2. The minimum Gasteiger partial charge on any atom is -0.449 e. The molecule has 7 nitrogen and oxygen atoms in total. The van der Waals surface area contributed by atoms with Gasteiger partial charge in [-0.05, 0) is 38.7 Å². The van der Waals surface area contributed by atoms with Crippen molar-refractivity contribution in [2.75, 3.05) is 32.1 Å². The van der Waals surface area contributed by atoms with Crippen molar-refractivity contribution in [3.05, 3.63) is 52.6 Å². The lowest BCUT2D eigenvalue weighted by molar-refractivity contribution is -0.385. The van der Waals surface area contributed by atoms with E-state index in [1.165, 1.54) is 28.8 Å². The smallest absolute Gasteiger partial charge is 0.419 e. The minimum absolute atomic E-state index is 0.00469. The van der Waals surface area contributed by atoms with Gasteiger partial charge in [0.25, 0.3) is 5.69 Å². The molecule has 0 unspecified atom stereocenters. The molecule has 0 spiro atoms. The van der Waals surface area contributed by atoms with Crippen LogP contribution in [0.25, 0.3) is 0 Å². The fourth-order valence-electron chi connectivity index (χ4n) is 2.66. The number of amides is 1. The van der Waals surface area contributed by atoms with Crippen LogP contribution in [0.15, 0.2) is 52.3 Å². The van der Waals surface area contributed by atoms with Crippen molar-refractivity contribution in [2.45, 2.75) is 16.2 Å². The second-order valence-electron chi connectivity index (χ2n) is 6.09. The molecule has 26 heavy (non-hydrogen) atoms. The average Bonchev–Trinajstić information content (AvgIpc) is 2.62. The maximum Gasteiger partial charge on any atom is 0.419 e. The topological polar surface area (TPSA) is 75.9 Å². The Balaban J connectivity index is 1.89. The highest BCUT2D eigenvalue weighted by Gasteiger charge is 2.30. The van der Waals surface area contributed by atoms with Gasteiger partial charge in [-0.2, -0.15) is 0 Å². The molecule has 2 aromatic rings.